The first kappa shape index (κ1) is 16.2. The standard InChI is InChI=1S/C20H24N4O/c1-23-7-4-18-11-16(2-3-20(18)23)10-17-13-24(8-9-25-15-17)14-19-12-21-5-6-22-19/h2-7,11-12,17H,8-10,13-15H2,1H3. The number of benzene rings is 1. The lowest BCUT2D eigenvalue weighted by molar-refractivity contribution is 0.121. The van der Waals surface area contributed by atoms with Crippen LogP contribution in [0.1, 0.15) is 11.3 Å². The van der Waals surface area contributed by atoms with Crippen molar-refractivity contribution in [1.29, 1.82) is 0 Å². The molecule has 1 saturated heterocycles. The van der Waals surface area contributed by atoms with Crippen LogP contribution in [0.3, 0.4) is 0 Å². The molecule has 1 aliphatic heterocycles. The molecule has 130 valence electrons. The molecule has 4 rings (SSSR count). The van der Waals surface area contributed by atoms with Crippen LogP contribution in [0.2, 0.25) is 0 Å². The van der Waals surface area contributed by atoms with Crippen LogP contribution in [0, 0.1) is 5.92 Å². The number of aryl methyl sites for hydroxylation is 1. The topological polar surface area (TPSA) is 43.2 Å². The highest BCUT2D eigenvalue weighted by Gasteiger charge is 2.20. The van der Waals surface area contributed by atoms with E-state index in [-0.39, 0.29) is 0 Å². The van der Waals surface area contributed by atoms with Gasteiger partial charge >= 0.3 is 0 Å². The average molecular weight is 336 g/mol. The number of ether oxygens (including phenoxy) is 1. The summed E-state index contributed by atoms with van der Waals surface area (Å²) in [5.41, 5.74) is 3.69. The van der Waals surface area contributed by atoms with E-state index >= 15 is 0 Å². The van der Waals surface area contributed by atoms with E-state index in [0.29, 0.717) is 5.92 Å². The van der Waals surface area contributed by atoms with Crippen LogP contribution < -0.4 is 0 Å². The Morgan fingerprint density at radius 2 is 2.20 bits per heavy atom. The first-order valence-electron chi connectivity index (χ1n) is 8.87. The summed E-state index contributed by atoms with van der Waals surface area (Å²) in [6.45, 7) is 4.43. The van der Waals surface area contributed by atoms with E-state index in [2.05, 4.69) is 56.9 Å². The van der Waals surface area contributed by atoms with E-state index in [0.717, 1.165) is 45.0 Å². The van der Waals surface area contributed by atoms with Crippen molar-refractivity contribution < 1.29 is 4.74 Å². The van der Waals surface area contributed by atoms with Gasteiger partial charge < -0.3 is 9.30 Å². The van der Waals surface area contributed by atoms with Gasteiger partial charge in [0.05, 0.1) is 18.9 Å². The van der Waals surface area contributed by atoms with E-state index in [9.17, 15) is 0 Å². The van der Waals surface area contributed by atoms with E-state index in [1.807, 2.05) is 6.20 Å². The fraction of sp³-hybridized carbons (Fsp3) is 0.400. The predicted octanol–water partition coefficient (Wildman–Crippen LogP) is 2.66. The van der Waals surface area contributed by atoms with Crippen LogP contribution in [-0.4, -0.2) is 45.7 Å². The smallest absolute Gasteiger partial charge is 0.0726 e. The minimum atomic E-state index is 0.500. The quantitative estimate of drug-likeness (QED) is 0.735. The summed E-state index contributed by atoms with van der Waals surface area (Å²) in [6.07, 6.45) is 8.49. The molecule has 1 aromatic carbocycles. The summed E-state index contributed by atoms with van der Waals surface area (Å²) in [5, 5.41) is 1.31. The Kier molecular flexibility index (Phi) is 4.76. The Morgan fingerprint density at radius 1 is 1.24 bits per heavy atom. The third-order valence-electron chi connectivity index (χ3n) is 4.90. The first-order valence-corrected chi connectivity index (χ1v) is 8.87. The Hall–Kier alpha value is -2.24. The molecule has 0 spiro atoms. The highest BCUT2D eigenvalue weighted by atomic mass is 16.5. The predicted molar refractivity (Wildman–Crippen MR) is 98.2 cm³/mol. The molecule has 3 heterocycles. The van der Waals surface area contributed by atoms with Crippen molar-refractivity contribution in [2.45, 2.75) is 13.0 Å². The third-order valence-corrected chi connectivity index (χ3v) is 4.90. The van der Waals surface area contributed by atoms with E-state index in [1.54, 1.807) is 12.4 Å². The van der Waals surface area contributed by atoms with Gasteiger partial charge in [0.15, 0.2) is 0 Å². The largest absolute Gasteiger partial charge is 0.380 e. The maximum absolute atomic E-state index is 5.86. The zero-order valence-electron chi connectivity index (χ0n) is 14.6. The van der Waals surface area contributed by atoms with Crippen LogP contribution in [0.5, 0.6) is 0 Å². The molecule has 1 aliphatic rings. The summed E-state index contributed by atoms with van der Waals surface area (Å²) in [6, 6.07) is 8.97. The molecule has 0 N–H and O–H groups in total. The summed E-state index contributed by atoms with van der Waals surface area (Å²) in [5.74, 6) is 0.500. The molecule has 1 atom stereocenters. The summed E-state index contributed by atoms with van der Waals surface area (Å²) in [7, 11) is 2.09. The molecule has 5 nitrogen and oxygen atoms in total. The maximum Gasteiger partial charge on any atom is 0.0726 e. The highest BCUT2D eigenvalue weighted by molar-refractivity contribution is 5.80. The van der Waals surface area contributed by atoms with Crippen molar-refractivity contribution in [2.75, 3.05) is 26.3 Å². The van der Waals surface area contributed by atoms with Gasteiger partial charge in [-0.05, 0) is 41.5 Å². The van der Waals surface area contributed by atoms with Gasteiger partial charge in [-0.15, -0.1) is 0 Å². The molecule has 0 saturated carbocycles. The normalized spacial score (nSPS) is 19.2. The van der Waals surface area contributed by atoms with Gasteiger partial charge in [0.1, 0.15) is 0 Å². The molecular weight excluding hydrogens is 312 g/mol. The zero-order valence-corrected chi connectivity index (χ0v) is 14.6. The van der Waals surface area contributed by atoms with Crippen LogP contribution >= 0.6 is 0 Å². The summed E-state index contributed by atoms with van der Waals surface area (Å²) >= 11 is 0. The molecule has 3 aromatic rings. The van der Waals surface area contributed by atoms with Crippen molar-refractivity contribution >= 4 is 10.9 Å². The van der Waals surface area contributed by atoms with Gasteiger partial charge in [-0.3, -0.25) is 14.9 Å². The maximum atomic E-state index is 5.86. The van der Waals surface area contributed by atoms with E-state index < -0.39 is 0 Å². The summed E-state index contributed by atoms with van der Waals surface area (Å²) < 4.78 is 8.02. The fourth-order valence-electron chi connectivity index (χ4n) is 3.65. The second-order valence-corrected chi connectivity index (χ2v) is 6.90. The number of rotatable bonds is 4. The Labute approximate surface area is 148 Å². The van der Waals surface area contributed by atoms with Gasteiger partial charge in [-0.1, -0.05) is 6.07 Å². The first-order chi connectivity index (χ1) is 12.3. The van der Waals surface area contributed by atoms with E-state index in [1.165, 1.54) is 16.5 Å². The molecule has 2 aromatic heterocycles. The second kappa shape index (κ2) is 7.33. The number of hydrogen-bond acceptors (Lipinski definition) is 4. The van der Waals surface area contributed by atoms with Gasteiger partial charge in [0.2, 0.25) is 0 Å². The molecule has 1 unspecified atom stereocenters. The van der Waals surface area contributed by atoms with Crippen LogP contribution in [-0.2, 0) is 24.8 Å². The van der Waals surface area contributed by atoms with Gasteiger partial charge in [-0.2, -0.15) is 0 Å². The van der Waals surface area contributed by atoms with Crippen molar-refractivity contribution in [2.24, 2.45) is 13.0 Å². The van der Waals surface area contributed by atoms with Gasteiger partial charge in [0, 0.05) is 57.0 Å². The van der Waals surface area contributed by atoms with Crippen molar-refractivity contribution in [3.63, 3.8) is 0 Å². The van der Waals surface area contributed by atoms with Gasteiger partial charge in [-0.25, -0.2) is 0 Å². The molecule has 0 radical (unpaired) electrons. The molecule has 0 bridgehead atoms. The third kappa shape index (κ3) is 3.89. The molecule has 0 aliphatic carbocycles. The number of nitrogens with zero attached hydrogens (tertiary/aromatic N) is 4. The molecule has 0 amide bonds. The zero-order chi connectivity index (χ0) is 17.1. The molecule has 5 heteroatoms. The monoisotopic (exact) mass is 336 g/mol. The lowest BCUT2D eigenvalue weighted by atomic mass is 9.98. The Bertz CT molecular complexity index is 830. The SMILES string of the molecule is Cn1ccc2cc(CC3COCCN(Cc4cnccn4)C3)ccc21. The number of hydrogen-bond donors (Lipinski definition) is 0. The highest BCUT2D eigenvalue weighted by Crippen LogP contribution is 2.20. The number of fused-ring (bicyclic) bond motifs is 1. The second-order valence-electron chi connectivity index (χ2n) is 6.90. The lowest BCUT2D eigenvalue weighted by Crippen LogP contribution is -2.30. The number of aromatic nitrogens is 3. The fourth-order valence-corrected chi connectivity index (χ4v) is 3.65. The molecular formula is C20H24N4O. The summed E-state index contributed by atoms with van der Waals surface area (Å²) in [4.78, 5) is 11.0. The van der Waals surface area contributed by atoms with Crippen molar-refractivity contribution in [1.82, 2.24) is 19.4 Å². The van der Waals surface area contributed by atoms with E-state index in [4.69, 9.17) is 4.74 Å². The van der Waals surface area contributed by atoms with Crippen molar-refractivity contribution in [3.8, 4) is 0 Å². The minimum absolute atomic E-state index is 0.500. The van der Waals surface area contributed by atoms with Crippen LogP contribution in [0.4, 0.5) is 0 Å². The minimum Gasteiger partial charge on any atom is -0.380 e. The Morgan fingerprint density at radius 3 is 3.08 bits per heavy atom. The average Bonchev–Trinajstić information content (AvgIpc) is 2.85. The lowest BCUT2D eigenvalue weighted by Gasteiger charge is -2.23. The van der Waals surface area contributed by atoms with Crippen molar-refractivity contribution in [3.05, 3.63) is 60.3 Å². The molecule has 1 fully saturated rings. The molecule has 25 heavy (non-hydrogen) atoms. The van der Waals surface area contributed by atoms with Gasteiger partial charge in [0.25, 0.3) is 0 Å². The van der Waals surface area contributed by atoms with Crippen LogP contribution in [0.15, 0.2) is 49.1 Å². The van der Waals surface area contributed by atoms with Crippen LogP contribution in [0.25, 0.3) is 10.9 Å². The Balaban J connectivity index is 1.44.